The molecule has 0 unspecified atom stereocenters. The molecule has 1 aliphatic carbocycles. The normalized spacial score (nSPS) is 17.6. The molecule has 3 rings (SSSR count). The fourth-order valence-electron chi connectivity index (χ4n) is 3.79. The number of benzene rings is 1. The summed E-state index contributed by atoms with van der Waals surface area (Å²) in [4.78, 5) is 50.8. The minimum absolute atomic E-state index is 0.0984. The highest BCUT2D eigenvalue weighted by Crippen LogP contribution is 2.25. The van der Waals surface area contributed by atoms with Gasteiger partial charge < -0.3 is 21.1 Å². The van der Waals surface area contributed by atoms with E-state index in [2.05, 4.69) is 10.4 Å². The van der Waals surface area contributed by atoms with Gasteiger partial charge in [0.1, 0.15) is 17.9 Å². The molecular formula is C23H28N6O5. The van der Waals surface area contributed by atoms with E-state index in [1.165, 1.54) is 11.0 Å². The molecule has 0 atom stereocenters. The molecule has 1 aromatic heterocycles. The van der Waals surface area contributed by atoms with E-state index in [-0.39, 0.29) is 29.9 Å². The van der Waals surface area contributed by atoms with E-state index in [0.29, 0.717) is 42.5 Å². The molecule has 5 N–H and O–H groups in total. The summed E-state index contributed by atoms with van der Waals surface area (Å²) in [6.45, 7) is -0.338. The van der Waals surface area contributed by atoms with Gasteiger partial charge in [-0.15, -0.1) is 0 Å². The number of hydrogen-bond donors (Lipinski definition) is 4. The number of carboxylic acids is 1. The molecule has 180 valence electrons. The topological polar surface area (TPSA) is 171 Å². The van der Waals surface area contributed by atoms with Crippen LogP contribution in [0.25, 0.3) is 11.3 Å². The summed E-state index contributed by atoms with van der Waals surface area (Å²) in [6, 6.07) is 7.71. The second-order valence-electron chi connectivity index (χ2n) is 8.55. The molecule has 2 aromatic rings. The Morgan fingerprint density at radius 3 is 2.32 bits per heavy atom. The average molecular weight is 469 g/mol. The maximum atomic E-state index is 13.0. The number of nitrogens with zero attached hydrogens (tertiary/aromatic N) is 3. The molecule has 1 aliphatic rings. The first-order valence-corrected chi connectivity index (χ1v) is 10.9. The molecule has 1 heterocycles. The maximum Gasteiger partial charge on any atom is 0.306 e. The molecule has 0 radical (unpaired) electrons. The Labute approximate surface area is 196 Å². The number of carbonyl (C=O) groups excluding carboxylic acids is 2. The van der Waals surface area contributed by atoms with E-state index in [9.17, 15) is 19.2 Å². The molecule has 0 saturated heterocycles. The fraction of sp³-hybridized carbons (Fsp3) is 0.391. The Morgan fingerprint density at radius 2 is 1.79 bits per heavy atom. The number of aliphatic carboxylic acids is 1. The second kappa shape index (κ2) is 10.3. The van der Waals surface area contributed by atoms with Gasteiger partial charge in [-0.1, -0.05) is 24.3 Å². The van der Waals surface area contributed by atoms with Crippen LogP contribution in [0.15, 0.2) is 35.1 Å². The van der Waals surface area contributed by atoms with Crippen LogP contribution in [0.4, 0.5) is 0 Å². The van der Waals surface area contributed by atoms with Crippen LogP contribution in [0.5, 0.6) is 0 Å². The lowest BCUT2D eigenvalue weighted by Crippen LogP contribution is -2.42. The third-order valence-corrected chi connectivity index (χ3v) is 5.91. The quantitative estimate of drug-likeness (QED) is 0.341. The highest BCUT2D eigenvalue weighted by molar-refractivity contribution is 5.96. The number of nitrogens with one attached hydrogen (secondary N) is 2. The summed E-state index contributed by atoms with van der Waals surface area (Å²) in [5.74, 6) is -2.32. The number of carbonyl (C=O) groups is 3. The van der Waals surface area contributed by atoms with Crippen molar-refractivity contribution >= 4 is 23.6 Å². The van der Waals surface area contributed by atoms with Crippen LogP contribution in [0.3, 0.4) is 0 Å². The summed E-state index contributed by atoms with van der Waals surface area (Å²) in [6.07, 6.45) is 1.90. The number of likely N-dealkylation sites (N-methyl/N-ethyl adjacent to an activating group) is 1. The van der Waals surface area contributed by atoms with Crippen LogP contribution in [0.1, 0.15) is 41.6 Å². The van der Waals surface area contributed by atoms with Gasteiger partial charge in [-0.25, -0.2) is 4.68 Å². The van der Waals surface area contributed by atoms with Crippen LogP contribution in [-0.2, 0) is 16.1 Å². The van der Waals surface area contributed by atoms with Crippen molar-refractivity contribution < 1.29 is 19.5 Å². The van der Waals surface area contributed by atoms with Crippen LogP contribution >= 0.6 is 0 Å². The van der Waals surface area contributed by atoms with Crippen LogP contribution in [0.2, 0.25) is 0 Å². The Balaban J connectivity index is 1.93. The summed E-state index contributed by atoms with van der Waals surface area (Å²) in [7, 11) is 3.11. The zero-order valence-corrected chi connectivity index (χ0v) is 19.1. The third kappa shape index (κ3) is 5.66. The van der Waals surface area contributed by atoms with E-state index < -0.39 is 23.4 Å². The van der Waals surface area contributed by atoms with Crippen LogP contribution in [-0.4, -0.2) is 63.5 Å². The summed E-state index contributed by atoms with van der Waals surface area (Å²) in [5.41, 5.74) is 6.04. The first kappa shape index (κ1) is 24.6. The molecule has 0 bridgehead atoms. The molecule has 11 nitrogen and oxygen atoms in total. The summed E-state index contributed by atoms with van der Waals surface area (Å²) in [5, 5.41) is 23.8. The maximum absolute atomic E-state index is 13.0. The average Bonchev–Trinajstić information content (AvgIpc) is 2.80. The number of aromatic nitrogens is 2. The van der Waals surface area contributed by atoms with Crippen LogP contribution in [0, 0.1) is 11.3 Å². The van der Waals surface area contributed by atoms with Gasteiger partial charge in [0, 0.05) is 31.3 Å². The van der Waals surface area contributed by atoms with Gasteiger partial charge in [0.25, 0.3) is 11.5 Å². The van der Waals surface area contributed by atoms with Crippen molar-refractivity contribution in [1.29, 1.82) is 5.41 Å². The van der Waals surface area contributed by atoms with Gasteiger partial charge in [0.2, 0.25) is 5.91 Å². The van der Waals surface area contributed by atoms with Crippen molar-refractivity contribution in [3.05, 3.63) is 51.8 Å². The zero-order valence-electron chi connectivity index (χ0n) is 19.1. The number of nitrogens with two attached hydrogens (primary N) is 1. The molecular weight excluding hydrogens is 440 g/mol. The van der Waals surface area contributed by atoms with Gasteiger partial charge in [0.15, 0.2) is 0 Å². The molecule has 2 amide bonds. The van der Waals surface area contributed by atoms with Gasteiger partial charge >= 0.3 is 5.97 Å². The van der Waals surface area contributed by atoms with E-state index in [1.807, 2.05) is 0 Å². The van der Waals surface area contributed by atoms with Gasteiger partial charge in [-0.3, -0.25) is 24.6 Å². The zero-order chi connectivity index (χ0) is 25.0. The van der Waals surface area contributed by atoms with Crippen molar-refractivity contribution in [3.8, 4) is 11.3 Å². The molecule has 0 spiro atoms. The highest BCUT2D eigenvalue weighted by atomic mass is 16.4. The fourth-order valence-corrected chi connectivity index (χ4v) is 3.79. The highest BCUT2D eigenvalue weighted by Gasteiger charge is 2.28. The summed E-state index contributed by atoms with van der Waals surface area (Å²) < 4.78 is 0.965. The predicted octanol–water partition coefficient (Wildman–Crippen LogP) is 0.656. The minimum Gasteiger partial charge on any atom is -0.481 e. The van der Waals surface area contributed by atoms with Crippen LogP contribution < -0.4 is 16.6 Å². The number of nitrogen functional groups attached to an aromatic ring is 1. The number of amidine groups is 1. The van der Waals surface area contributed by atoms with Gasteiger partial charge in [0.05, 0.1) is 11.6 Å². The van der Waals surface area contributed by atoms with Crippen molar-refractivity contribution in [2.75, 3.05) is 14.1 Å². The minimum atomic E-state index is -0.840. The number of rotatable bonds is 7. The lowest BCUT2D eigenvalue weighted by Gasteiger charge is -2.26. The first-order chi connectivity index (χ1) is 16.1. The van der Waals surface area contributed by atoms with Crippen molar-refractivity contribution in [2.24, 2.45) is 11.7 Å². The van der Waals surface area contributed by atoms with E-state index in [1.54, 1.807) is 38.4 Å². The lowest BCUT2D eigenvalue weighted by atomic mass is 9.86. The number of hydrogen-bond acceptors (Lipinski definition) is 6. The predicted molar refractivity (Wildman–Crippen MR) is 124 cm³/mol. The smallest absolute Gasteiger partial charge is 0.306 e. The Bertz CT molecular complexity index is 1160. The largest absolute Gasteiger partial charge is 0.481 e. The lowest BCUT2D eigenvalue weighted by molar-refractivity contribution is -0.142. The Morgan fingerprint density at radius 1 is 1.18 bits per heavy atom. The molecule has 1 fully saturated rings. The molecule has 0 aliphatic heterocycles. The Hall–Kier alpha value is -4.02. The second-order valence-corrected chi connectivity index (χ2v) is 8.55. The first-order valence-electron chi connectivity index (χ1n) is 10.9. The molecule has 1 aromatic carbocycles. The van der Waals surface area contributed by atoms with Crippen molar-refractivity contribution in [1.82, 2.24) is 20.0 Å². The number of amides is 2. The van der Waals surface area contributed by atoms with Crippen molar-refractivity contribution in [3.63, 3.8) is 0 Å². The van der Waals surface area contributed by atoms with E-state index >= 15 is 0 Å². The molecule has 1 saturated carbocycles. The van der Waals surface area contributed by atoms with E-state index in [4.69, 9.17) is 16.2 Å². The standard InChI is InChI=1S/C23H28N6O5/c1-28(2)19(30)12-29-22(32)17(21(31)26-16-9-7-15(8-10-16)23(33)34)11-18(27-29)13-3-5-14(6-4-13)20(24)25/h3-6,11,15-16H,7-10,12H2,1-2H3,(H3,24,25)(H,26,31)(H,33,34)/t15-,16-. The van der Waals surface area contributed by atoms with Crippen molar-refractivity contribution in [2.45, 2.75) is 38.3 Å². The SMILES string of the molecule is CN(C)C(=O)Cn1nc(-c2ccc(C(=N)N)cc2)cc(C(=O)N[C@H]2CC[C@H](C(=O)O)CC2)c1=O. The number of carboxylic acid groups (broad SMARTS) is 1. The summed E-state index contributed by atoms with van der Waals surface area (Å²) >= 11 is 0. The monoisotopic (exact) mass is 468 g/mol. The third-order valence-electron chi connectivity index (χ3n) is 5.91. The molecule has 34 heavy (non-hydrogen) atoms. The molecule has 11 heteroatoms. The van der Waals surface area contributed by atoms with Gasteiger partial charge in [-0.05, 0) is 31.7 Å². The van der Waals surface area contributed by atoms with E-state index in [0.717, 1.165) is 4.68 Å². The Kier molecular flexibility index (Phi) is 7.44. The van der Waals surface area contributed by atoms with Gasteiger partial charge in [-0.2, -0.15) is 5.10 Å².